The SMILES string of the molecule is O=C1NCCN1C1CN(Cc2cn[nH]c2-c2ccccc2F)C1. The Morgan fingerprint density at radius 1 is 1.30 bits per heavy atom. The quantitative estimate of drug-likeness (QED) is 0.897. The molecule has 2 N–H and O–H groups in total. The normalized spacial score (nSPS) is 19.0. The van der Waals surface area contributed by atoms with E-state index in [-0.39, 0.29) is 17.9 Å². The van der Waals surface area contributed by atoms with Crippen molar-refractivity contribution in [3.8, 4) is 11.3 Å². The number of benzene rings is 1. The molecular formula is C16H18FN5O. The van der Waals surface area contributed by atoms with Crippen molar-refractivity contribution in [2.75, 3.05) is 26.2 Å². The van der Waals surface area contributed by atoms with E-state index >= 15 is 0 Å². The average Bonchev–Trinajstić information content (AvgIpc) is 3.12. The molecule has 0 unspecified atom stereocenters. The van der Waals surface area contributed by atoms with Gasteiger partial charge in [-0.2, -0.15) is 5.10 Å². The Morgan fingerprint density at radius 3 is 2.87 bits per heavy atom. The van der Waals surface area contributed by atoms with Gasteiger partial charge < -0.3 is 10.2 Å². The number of nitrogens with one attached hydrogen (secondary N) is 2. The summed E-state index contributed by atoms with van der Waals surface area (Å²) in [7, 11) is 0. The van der Waals surface area contributed by atoms with Gasteiger partial charge in [0.1, 0.15) is 5.82 Å². The zero-order valence-electron chi connectivity index (χ0n) is 12.6. The lowest BCUT2D eigenvalue weighted by molar-refractivity contribution is 0.0590. The summed E-state index contributed by atoms with van der Waals surface area (Å²) in [6.07, 6.45) is 1.75. The fraction of sp³-hybridized carbons (Fsp3) is 0.375. The summed E-state index contributed by atoms with van der Waals surface area (Å²) in [5.41, 5.74) is 2.24. The van der Waals surface area contributed by atoms with Crippen molar-refractivity contribution in [1.29, 1.82) is 0 Å². The second-order valence-corrected chi connectivity index (χ2v) is 6.02. The van der Waals surface area contributed by atoms with Crippen LogP contribution in [0.2, 0.25) is 0 Å². The number of carbonyl (C=O) groups is 1. The Morgan fingerprint density at radius 2 is 2.13 bits per heavy atom. The first-order valence-corrected chi connectivity index (χ1v) is 7.76. The Balaban J connectivity index is 1.43. The molecule has 1 aromatic carbocycles. The topological polar surface area (TPSA) is 64.3 Å². The van der Waals surface area contributed by atoms with Crippen LogP contribution in [0.4, 0.5) is 9.18 Å². The average molecular weight is 315 g/mol. The van der Waals surface area contributed by atoms with E-state index in [0.29, 0.717) is 12.1 Å². The summed E-state index contributed by atoms with van der Waals surface area (Å²) in [5, 5.41) is 9.79. The Hall–Kier alpha value is -2.41. The molecule has 0 bridgehead atoms. The number of rotatable bonds is 4. The lowest BCUT2D eigenvalue weighted by Gasteiger charge is -2.43. The molecule has 120 valence electrons. The number of carbonyl (C=O) groups excluding carboxylic acids is 1. The van der Waals surface area contributed by atoms with Gasteiger partial charge in [-0.05, 0) is 12.1 Å². The maximum absolute atomic E-state index is 14.0. The van der Waals surface area contributed by atoms with E-state index in [0.717, 1.165) is 37.4 Å². The van der Waals surface area contributed by atoms with Gasteiger partial charge in [-0.3, -0.25) is 10.00 Å². The van der Waals surface area contributed by atoms with E-state index in [1.54, 1.807) is 18.3 Å². The molecule has 4 rings (SSSR count). The number of hydrogen-bond donors (Lipinski definition) is 2. The van der Waals surface area contributed by atoms with Gasteiger partial charge in [-0.1, -0.05) is 12.1 Å². The van der Waals surface area contributed by atoms with Crippen LogP contribution in [0.3, 0.4) is 0 Å². The molecule has 23 heavy (non-hydrogen) atoms. The molecule has 1 aromatic heterocycles. The maximum atomic E-state index is 14.0. The first kappa shape index (κ1) is 14.2. The summed E-state index contributed by atoms with van der Waals surface area (Å²) in [4.78, 5) is 15.8. The van der Waals surface area contributed by atoms with Gasteiger partial charge in [0.25, 0.3) is 0 Å². The summed E-state index contributed by atoms with van der Waals surface area (Å²) < 4.78 is 14.0. The van der Waals surface area contributed by atoms with E-state index in [1.165, 1.54) is 6.07 Å². The molecular weight excluding hydrogens is 297 g/mol. The van der Waals surface area contributed by atoms with Crippen molar-refractivity contribution in [2.45, 2.75) is 12.6 Å². The summed E-state index contributed by atoms with van der Waals surface area (Å²) >= 11 is 0. The van der Waals surface area contributed by atoms with Crippen molar-refractivity contribution in [3.05, 3.63) is 41.8 Å². The summed E-state index contributed by atoms with van der Waals surface area (Å²) in [6, 6.07) is 7.00. The van der Waals surface area contributed by atoms with Crippen molar-refractivity contribution in [3.63, 3.8) is 0 Å². The molecule has 0 saturated carbocycles. The van der Waals surface area contributed by atoms with Gasteiger partial charge in [0.2, 0.25) is 0 Å². The zero-order chi connectivity index (χ0) is 15.8. The Kier molecular flexibility index (Phi) is 3.49. The molecule has 6 nitrogen and oxygen atoms in total. The number of urea groups is 1. The number of amides is 2. The molecule has 0 aliphatic carbocycles. The molecule has 0 radical (unpaired) electrons. The molecule has 2 fully saturated rings. The molecule has 0 atom stereocenters. The Labute approximate surface area is 133 Å². The third-order valence-electron chi connectivity index (χ3n) is 4.52. The smallest absolute Gasteiger partial charge is 0.317 e. The summed E-state index contributed by atoms with van der Waals surface area (Å²) in [5.74, 6) is -0.256. The predicted molar refractivity (Wildman–Crippen MR) is 83.2 cm³/mol. The highest BCUT2D eigenvalue weighted by atomic mass is 19.1. The fourth-order valence-electron chi connectivity index (χ4n) is 3.27. The number of likely N-dealkylation sites (tertiary alicyclic amines) is 1. The van der Waals surface area contributed by atoms with Gasteiger partial charge in [-0.15, -0.1) is 0 Å². The standard InChI is InChI=1S/C16H18FN5O/c17-14-4-2-1-3-13(14)15-11(7-19-20-15)8-21-9-12(10-21)22-6-5-18-16(22)23/h1-4,7,12H,5-6,8-10H2,(H,18,23)(H,19,20). The molecule has 3 heterocycles. The molecule has 2 aliphatic rings. The zero-order valence-corrected chi connectivity index (χ0v) is 12.6. The van der Waals surface area contributed by atoms with Gasteiger partial charge >= 0.3 is 6.03 Å². The van der Waals surface area contributed by atoms with Crippen LogP contribution >= 0.6 is 0 Å². The van der Waals surface area contributed by atoms with Crippen molar-refractivity contribution in [1.82, 2.24) is 25.3 Å². The van der Waals surface area contributed by atoms with Crippen LogP contribution in [0, 0.1) is 5.82 Å². The van der Waals surface area contributed by atoms with Crippen LogP contribution in [0.1, 0.15) is 5.56 Å². The van der Waals surface area contributed by atoms with Crippen molar-refractivity contribution >= 4 is 6.03 Å². The van der Waals surface area contributed by atoms with E-state index in [1.807, 2.05) is 11.0 Å². The lowest BCUT2D eigenvalue weighted by atomic mass is 10.0. The lowest BCUT2D eigenvalue weighted by Crippen LogP contribution is -2.59. The minimum absolute atomic E-state index is 0.0324. The van der Waals surface area contributed by atoms with Crippen LogP contribution < -0.4 is 5.32 Å². The third-order valence-corrected chi connectivity index (χ3v) is 4.52. The first-order chi connectivity index (χ1) is 11.2. The van der Waals surface area contributed by atoms with E-state index < -0.39 is 0 Å². The summed E-state index contributed by atoms with van der Waals surface area (Å²) in [6.45, 7) is 3.90. The van der Waals surface area contributed by atoms with E-state index in [4.69, 9.17) is 0 Å². The van der Waals surface area contributed by atoms with Crippen LogP contribution in [0.5, 0.6) is 0 Å². The van der Waals surface area contributed by atoms with Crippen molar-refractivity contribution in [2.24, 2.45) is 0 Å². The highest BCUT2D eigenvalue weighted by Crippen LogP contribution is 2.27. The maximum Gasteiger partial charge on any atom is 0.317 e. The molecule has 2 amide bonds. The van der Waals surface area contributed by atoms with Gasteiger partial charge in [-0.25, -0.2) is 9.18 Å². The molecule has 0 spiro atoms. The van der Waals surface area contributed by atoms with Crippen LogP contribution in [-0.4, -0.2) is 58.2 Å². The highest BCUT2D eigenvalue weighted by molar-refractivity contribution is 5.76. The third kappa shape index (κ3) is 2.57. The minimum Gasteiger partial charge on any atom is -0.336 e. The first-order valence-electron chi connectivity index (χ1n) is 7.76. The number of aromatic nitrogens is 2. The number of nitrogens with zero attached hydrogens (tertiary/aromatic N) is 3. The number of halogens is 1. The van der Waals surface area contributed by atoms with Crippen molar-refractivity contribution < 1.29 is 9.18 Å². The number of aromatic amines is 1. The van der Waals surface area contributed by atoms with E-state index in [2.05, 4.69) is 20.4 Å². The minimum atomic E-state index is -0.256. The van der Waals surface area contributed by atoms with Gasteiger partial charge in [0.15, 0.2) is 0 Å². The molecule has 2 aromatic rings. The Bertz CT molecular complexity index is 725. The second kappa shape index (κ2) is 5.66. The fourth-order valence-corrected chi connectivity index (χ4v) is 3.27. The largest absolute Gasteiger partial charge is 0.336 e. The molecule has 2 saturated heterocycles. The van der Waals surface area contributed by atoms with Crippen LogP contribution in [0.25, 0.3) is 11.3 Å². The monoisotopic (exact) mass is 315 g/mol. The van der Waals surface area contributed by atoms with Gasteiger partial charge in [0.05, 0.1) is 17.9 Å². The second-order valence-electron chi connectivity index (χ2n) is 6.02. The highest BCUT2D eigenvalue weighted by Gasteiger charge is 2.36. The molecule has 7 heteroatoms. The number of hydrogen-bond acceptors (Lipinski definition) is 3. The number of H-pyrrole nitrogens is 1. The van der Waals surface area contributed by atoms with E-state index in [9.17, 15) is 9.18 Å². The molecule has 2 aliphatic heterocycles. The predicted octanol–water partition coefficient (Wildman–Crippen LogP) is 1.43. The van der Waals surface area contributed by atoms with Crippen LogP contribution in [-0.2, 0) is 6.54 Å². The van der Waals surface area contributed by atoms with Gasteiger partial charge in [0, 0.05) is 43.9 Å². The van der Waals surface area contributed by atoms with Crippen LogP contribution in [0.15, 0.2) is 30.5 Å².